The number of unbranched alkanes of at least 4 members (excludes halogenated alkanes) is 23. The average Bonchev–Trinajstić information content (AvgIpc) is 3.07. The molecule has 0 amide bonds. The normalized spacial score (nSPS) is 13.9. The highest BCUT2D eigenvalue weighted by Gasteiger charge is 2.28. The Morgan fingerprint density at radius 1 is 0.551 bits per heavy atom. The number of hydrogen-bond donors (Lipinski definition) is 3. The van der Waals surface area contributed by atoms with Gasteiger partial charge in [0.15, 0.2) is 6.10 Å². The largest absolute Gasteiger partial charge is 0.480 e. The predicted molar refractivity (Wildman–Crippen MR) is 194 cm³/mol. The first-order chi connectivity index (χ1) is 23.6. The summed E-state index contributed by atoms with van der Waals surface area (Å²) in [6.07, 6.45) is 29.2. The van der Waals surface area contributed by atoms with Gasteiger partial charge in [0.2, 0.25) is 0 Å². The fraction of sp³-hybridized carbons (Fsp3) is 0.919. The number of carboxylic acid groups (broad SMARTS) is 1. The van der Waals surface area contributed by atoms with Crippen molar-refractivity contribution in [3.05, 3.63) is 0 Å². The summed E-state index contributed by atoms with van der Waals surface area (Å²) in [5, 5.41) is 8.83. The maximum absolute atomic E-state index is 12.4. The molecular weight excluding hydrogens is 649 g/mol. The lowest BCUT2D eigenvalue weighted by Gasteiger charge is -2.20. The fourth-order valence-corrected chi connectivity index (χ4v) is 6.26. The van der Waals surface area contributed by atoms with Crippen LogP contribution in [-0.2, 0) is 37.5 Å². The highest BCUT2D eigenvalue weighted by molar-refractivity contribution is 7.47. The molecule has 0 bridgehead atoms. The first-order valence-electron chi connectivity index (χ1n) is 19.6. The molecule has 0 aromatic heterocycles. The van der Waals surface area contributed by atoms with Crippen molar-refractivity contribution in [1.82, 2.24) is 0 Å². The van der Waals surface area contributed by atoms with E-state index in [0.29, 0.717) is 12.8 Å². The van der Waals surface area contributed by atoms with Crippen LogP contribution in [0.1, 0.15) is 187 Å². The fourth-order valence-electron chi connectivity index (χ4n) is 5.48. The number of carbonyl (C=O) groups is 3. The van der Waals surface area contributed by atoms with Crippen LogP contribution in [-0.4, -0.2) is 59.9 Å². The van der Waals surface area contributed by atoms with E-state index in [0.717, 1.165) is 44.9 Å². The summed E-state index contributed by atoms with van der Waals surface area (Å²) in [7, 11) is -4.69. The van der Waals surface area contributed by atoms with Gasteiger partial charge in [0.1, 0.15) is 12.6 Å². The van der Waals surface area contributed by atoms with Crippen molar-refractivity contribution in [3.8, 4) is 0 Å². The number of ether oxygens (including phenoxy) is 2. The molecule has 0 aliphatic carbocycles. The summed E-state index contributed by atoms with van der Waals surface area (Å²) >= 11 is 0. The molecule has 0 saturated heterocycles. The van der Waals surface area contributed by atoms with Crippen molar-refractivity contribution < 1.29 is 47.5 Å². The molecule has 0 fully saturated rings. The van der Waals surface area contributed by atoms with E-state index in [-0.39, 0.29) is 19.4 Å². The minimum Gasteiger partial charge on any atom is -0.480 e. The Morgan fingerprint density at radius 3 is 1.29 bits per heavy atom. The number of phosphoric ester groups is 1. The second-order valence-electron chi connectivity index (χ2n) is 13.4. The van der Waals surface area contributed by atoms with Crippen molar-refractivity contribution in [2.24, 2.45) is 5.73 Å². The van der Waals surface area contributed by atoms with Crippen LogP contribution in [0, 0.1) is 0 Å². The van der Waals surface area contributed by atoms with Crippen LogP contribution in [0.25, 0.3) is 0 Å². The lowest BCUT2D eigenvalue weighted by atomic mass is 10.0. The molecule has 0 radical (unpaired) electrons. The van der Waals surface area contributed by atoms with Crippen molar-refractivity contribution in [2.75, 3.05) is 19.8 Å². The maximum atomic E-state index is 12.4. The van der Waals surface area contributed by atoms with Gasteiger partial charge in [-0.15, -0.1) is 0 Å². The van der Waals surface area contributed by atoms with E-state index in [1.807, 2.05) is 0 Å². The number of hydrogen-bond acceptors (Lipinski definition) is 9. The molecule has 0 rings (SSSR count). The number of rotatable bonds is 37. The quantitative estimate of drug-likeness (QED) is 0.0317. The molecule has 1 unspecified atom stereocenters. The minimum absolute atomic E-state index is 0.165. The van der Waals surface area contributed by atoms with Gasteiger partial charge >= 0.3 is 25.7 Å². The molecule has 0 aromatic rings. The number of carbonyl (C=O) groups excluding carboxylic acids is 2. The first kappa shape index (κ1) is 47.5. The van der Waals surface area contributed by atoms with E-state index < -0.39 is 51.1 Å². The topological polar surface area (TPSA) is 172 Å². The van der Waals surface area contributed by atoms with Crippen LogP contribution in [0.5, 0.6) is 0 Å². The molecule has 12 heteroatoms. The molecule has 0 spiro atoms. The van der Waals surface area contributed by atoms with E-state index in [2.05, 4.69) is 18.4 Å². The van der Waals surface area contributed by atoms with Crippen LogP contribution >= 0.6 is 7.82 Å². The standard InChI is InChI=1S/C37H72NO10P/c1-3-5-7-9-11-12-13-14-15-16-17-18-19-20-21-23-24-26-28-35(39)45-30-33(31-46-49(43,44)47-32-34(38)37(41)42)48-36(40)29-27-25-22-10-8-6-4-2/h33-34H,3-32,38H2,1-2H3,(H,41,42)(H,43,44)/t33-,34+/m0/s1. The van der Waals surface area contributed by atoms with E-state index in [4.69, 9.17) is 24.8 Å². The number of nitrogens with two attached hydrogens (primary N) is 1. The zero-order valence-electron chi connectivity index (χ0n) is 31.1. The lowest BCUT2D eigenvalue weighted by Crippen LogP contribution is -2.34. The smallest absolute Gasteiger partial charge is 0.472 e. The molecule has 3 atom stereocenters. The van der Waals surface area contributed by atoms with Crippen molar-refractivity contribution in [3.63, 3.8) is 0 Å². The minimum atomic E-state index is -4.69. The summed E-state index contributed by atoms with van der Waals surface area (Å²) in [6.45, 7) is 2.75. The number of esters is 2. The Balaban J connectivity index is 4.22. The first-order valence-corrected chi connectivity index (χ1v) is 21.1. The second kappa shape index (κ2) is 33.6. The zero-order chi connectivity index (χ0) is 36.4. The van der Waals surface area contributed by atoms with Gasteiger partial charge in [0.05, 0.1) is 13.2 Å². The number of carboxylic acids is 1. The van der Waals surface area contributed by atoms with E-state index in [9.17, 15) is 23.8 Å². The number of phosphoric acid groups is 1. The molecule has 49 heavy (non-hydrogen) atoms. The average molecular weight is 722 g/mol. The predicted octanol–water partition coefficient (Wildman–Crippen LogP) is 9.56. The molecule has 0 aliphatic rings. The third-order valence-electron chi connectivity index (χ3n) is 8.61. The van der Waals surface area contributed by atoms with Gasteiger partial charge in [0.25, 0.3) is 0 Å². The van der Waals surface area contributed by atoms with Crippen molar-refractivity contribution >= 4 is 25.7 Å². The van der Waals surface area contributed by atoms with Crippen LogP contribution in [0.2, 0.25) is 0 Å². The van der Waals surface area contributed by atoms with Crippen LogP contribution in [0.15, 0.2) is 0 Å². The summed E-state index contributed by atoms with van der Waals surface area (Å²) in [6, 6.07) is -1.51. The highest BCUT2D eigenvalue weighted by atomic mass is 31.2. The van der Waals surface area contributed by atoms with Gasteiger partial charge < -0.3 is 25.2 Å². The third kappa shape index (κ3) is 33.4. The molecule has 4 N–H and O–H groups in total. The summed E-state index contributed by atoms with van der Waals surface area (Å²) in [4.78, 5) is 45.5. The monoisotopic (exact) mass is 721 g/mol. The number of aliphatic carboxylic acids is 1. The van der Waals surface area contributed by atoms with Gasteiger partial charge in [-0.1, -0.05) is 162 Å². The molecule has 0 aliphatic heterocycles. The Morgan fingerprint density at radius 2 is 0.898 bits per heavy atom. The Labute approximate surface area is 297 Å². The maximum Gasteiger partial charge on any atom is 0.472 e. The third-order valence-corrected chi connectivity index (χ3v) is 9.56. The molecule has 0 aromatic carbocycles. The zero-order valence-corrected chi connectivity index (χ0v) is 31.9. The Kier molecular flexibility index (Phi) is 32.6. The van der Waals surface area contributed by atoms with E-state index in [1.165, 1.54) is 103 Å². The van der Waals surface area contributed by atoms with Crippen molar-refractivity contribution in [2.45, 2.75) is 199 Å². The van der Waals surface area contributed by atoms with E-state index >= 15 is 0 Å². The lowest BCUT2D eigenvalue weighted by molar-refractivity contribution is -0.161. The van der Waals surface area contributed by atoms with Gasteiger partial charge in [-0.3, -0.25) is 23.4 Å². The molecular formula is C37H72NO10P. The highest BCUT2D eigenvalue weighted by Crippen LogP contribution is 2.43. The van der Waals surface area contributed by atoms with Gasteiger partial charge in [-0.05, 0) is 12.8 Å². The van der Waals surface area contributed by atoms with Gasteiger partial charge in [0, 0.05) is 12.8 Å². The second-order valence-corrected chi connectivity index (χ2v) is 14.9. The van der Waals surface area contributed by atoms with Gasteiger partial charge in [-0.2, -0.15) is 0 Å². The van der Waals surface area contributed by atoms with Crippen LogP contribution in [0.3, 0.4) is 0 Å². The SMILES string of the molecule is CCCCCCCCCCCCCCCCCCCCC(=O)OC[C@@H](COP(=O)(O)OC[C@@H](N)C(=O)O)OC(=O)CCCCCCCCC. The molecule has 0 saturated carbocycles. The van der Waals surface area contributed by atoms with Crippen LogP contribution in [0.4, 0.5) is 0 Å². The summed E-state index contributed by atoms with van der Waals surface area (Å²) < 4.78 is 32.4. The Hall–Kier alpha value is -1.52. The summed E-state index contributed by atoms with van der Waals surface area (Å²) in [5.74, 6) is -2.37. The summed E-state index contributed by atoms with van der Waals surface area (Å²) in [5.41, 5.74) is 5.30. The molecule has 11 nitrogen and oxygen atoms in total. The van der Waals surface area contributed by atoms with Crippen LogP contribution < -0.4 is 5.73 Å². The van der Waals surface area contributed by atoms with Gasteiger partial charge in [-0.25, -0.2) is 4.57 Å². The van der Waals surface area contributed by atoms with E-state index in [1.54, 1.807) is 0 Å². The Bertz CT molecular complexity index is 859. The van der Waals surface area contributed by atoms with Crippen molar-refractivity contribution in [1.29, 1.82) is 0 Å². The molecule has 290 valence electrons. The molecule has 0 heterocycles.